The molecule has 0 aliphatic carbocycles. The summed E-state index contributed by atoms with van der Waals surface area (Å²) < 4.78 is 9.98. The van der Waals surface area contributed by atoms with E-state index in [1.807, 2.05) is 0 Å². The molecule has 66 heavy (non-hydrogen) atoms. The molecule has 0 unspecified atom stereocenters. The van der Waals surface area contributed by atoms with Crippen LogP contribution in [0.4, 0.5) is 34.1 Å². The zero-order valence-corrected chi connectivity index (χ0v) is 35.8. The third-order valence-corrected chi connectivity index (χ3v) is 14.6. The van der Waals surface area contributed by atoms with Gasteiger partial charge in [0.15, 0.2) is 0 Å². The highest BCUT2D eigenvalue weighted by molar-refractivity contribution is 7.02. The SMILES string of the molecule is c1ccc(-c2cc3c4c(c2)N(c2ccccc2)c2ccccc2B4c2cc4c(cc2O3)N(c2ccccc2)c2cc(-c3ccccc3)cc3c2B4c2cccc4c5ccccc5n-3c24)cc1. The van der Waals surface area contributed by atoms with Crippen molar-refractivity contribution in [2.24, 2.45) is 0 Å². The highest BCUT2D eigenvalue weighted by Gasteiger charge is 2.47. The molecule has 10 aromatic carbocycles. The minimum Gasteiger partial charge on any atom is -0.458 e. The second-order valence-corrected chi connectivity index (χ2v) is 18.0. The molecule has 15 rings (SSSR count). The van der Waals surface area contributed by atoms with Gasteiger partial charge in [-0.15, -0.1) is 0 Å². The van der Waals surface area contributed by atoms with E-state index in [4.69, 9.17) is 4.74 Å². The molecule has 4 nitrogen and oxygen atoms in total. The van der Waals surface area contributed by atoms with Gasteiger partial charge in [0.2, 0.25) is 0 Å². The lowest BCUT2D eigenvalue weighted by molar-refractivity contribution is 0.488. The lowest BCUT2D eigenvalue weighted by atomic mass is 9.30. The molecule has 0 bridgehead atoms. The molecule has 0 fully saturated rings. The molecule has 4 aliphatic rings. The quantitative estimate of drug-likeness (QED) is 0.165. The number of anilines is 6. The first-order chi connectivity index (χ1) is 32.8. The van der Waals surface area contributed by atoms with Gasteiger partial charge in [-0.25, -0.2) is 0 Å². The van der Waals surface area contributed by atoms with E-state index in [1.165, 1.54) is 82.8 Å². The maximum atomic E-state index is 7.42. The Morgan fingerprint density at radius 2 is 0.864 bits per heavy atom. The third-order valence-electron chi connectivity index (χ3n) is 14.6. The zero-order chi connectivity index (χ0) is 43.0. The van der Waals surface area contributed by atoms with Gasteiger partial charge in [-0.05, 0) is 116 Å². The molecule has 0 saturated carbocycles. The number of hydrogen-bond acceptors (Lipinski definition) is 3. The van der Waals surface area contributed by atoms with Crippen molar-refractivity contribution in [3.05, 3.63) is 224 Å². The van der Waals surface area contributed by atoms with Crippen LogP contribution < -0.4 is 47.3 Å². The highest BCUT2D eigenvalue weighted by Crippen LogP contribution is 2.47. The van der Waals surface area contributed by atoms with Crippen LogP contribution in [0.2, 0.25) is 0 Å². The van der Waals surface area contributed by atoms with Crippen LogP contribution in [0.5, 0.6) is 11.5 Å². The number of ether oxygens (including phenoxy) is 1. The molecule has 0 spiro atoms. The second-order valence-electron chi connectivity index (χ2n) is 18.0. The van der Waals surface area contributed by atoms with Crippen LogP contribution in [-0.4, -0.2) is 18.0 Å². The molecule has 0 atom stereocenters. The fraction of sp³-hybridized carbons (Fsp3) is 0. The van der Waals surface area contributed by atoms with Crippen molar-refractivity contribution in [2.75, 3.05) is 9.80 Å². The van der Waals surface area contributed by atoms with E-state index in [1.54, 1.807) is 0 Å². The maximum Gasteiger partial charge on any atom is 0.256 e. The average molecular weight is 838 g/mol. The molecule has 0 radical (unpaired) electrons. The fourth-order valence-corrected chi connectivity index (χ4v) is 11.9. The van der Waals surface area contributed by atoms with E-state index < -0.39 is 0 Å². The van der Waals surface area contributed by atoms with Crippen LogP contribution in [-0.2, 0) is 0 Å². The van der Waals surface area contributed by atoms with Crippen molar-refractivity contribution in [3.63, 3.8) is 0 Å². The smallest absolute Gasteiger partial charge is 0.256 e. The molecule has 0 N–H and O–H groups in total. The molecule has 4 aliphatic heterocycles. The number of para-hydroxylation sites is 5. The third kappa shape index (κ3) is 4.90. The highest BCUT2D eigenvalue weighted by atomic mass is 16.5. The van der Waals surface area contributed by atoms with Crippen molar-refractivity contribution in [2.45, 2.75) is 0 Å². The monoisotopic (exact) mass is 837 g/mol. The summed E-state index contributed by atoms with van der Waals surface area (Å²) in [5.41, 5.74) is 22.8. The maximum absolute atomic E-state index is 7.42. The molecule has 5 heterocycles. The lowest BCUT2D eigenvalue weighted by Gasteiger charge is -2.43. The van der Waals surface area contributed by atoms with Crippen LogP contribution >= 0.6 is 0 Å². The van der Waals surface area contributed by atoms with Crippen LogP contribution in [0.3, 0.4) is 0 Å². The first kappa shape index (κ1) is 35.9. The summed E-state index contributed by atoms with van der Waals surface area (Å²) in [4.78, 5) is 4.94. The molecular weight excluding hydrogens is 800 g/mol. The van der Waals surface area contributed by atoms with E-state index >= 15 is 0 Å². The first-order valence-electron chi connectivity index (χ1n) is 22.9. The Balaban J connectivity index is 1.05. The fourth-order valence-electron chi connectivity index (χ4n) is 11.9. The predicted molar refractivity (Wildman–Crippen MR) is 277 cm³/mol. The summed E-state index contributed by atoms with van der Waals surface area (Å²) in [7, 11) is 0. The minimum atomic E-state index is -0.0673. The number of rotatable bonds is 4. The average Bonchev–Trinajstić information content (AvgIpc) is 3.73. The predicted octanol–water partition coefficient (Wildman–Crippen LogP) is 11.1. The van der Waals surface area contributed by atoms with E-state index in [2.05, 4.69) is 239 Å². The molecule has 0 amide bonds. The van der Waals surface area contributed by atoms with Crippen molar-refractivity contribution < 1.29 is 4.74 Å². The first-order valence-corrected chi connectivity index (χ1v) is 22.9. The summed E-state index contributed by atoms with van der Waals surface area (Å²) in [5, 5.41) is 2.55. The number of fused-ring (bicyclic) bond motifs is 11. The summed E-state index contributed by atoms with van der Waals surface area (Å²) in [5.74, 6) is 1.78. The van der Waals surface area contributed by atoms with Gasteiger partial charge < -0.3 is 19.1 Å². The van der Waals surface area contributed by atoms with Gasteiger partial charge in [0, 0.05) is 62.2 Å². The largest absolute Gasteiger partial charge is 0.458 e. The van der Waals surface area contributed by atoms with Gasteiger partial charge in [-0.2, -0.15) is 0 Å². The van der Waals surface area contributed by atoms with Crippen LogP contribution in [0.25, 0.3) is 49.7 Å². The standard InChI is InChI=1S/C60H37B2N3O/c1-5-18-38(19-6-1)40-32-53-58-54(33-40)65-50-30-15-13-26-44(50)45-27-17-29-47(60(45)65)62(58)48-36-49-56(37-52(48)64(53)43-24-11-4-12-25-43)66-57-35-41(39-20-7-2-8-21-39)34-55-59(57)61(49)46-28-14-16-31-51(46)63(55)42-22-9-3-10-23-42/h1-37H. The van der Waals surface area contributed by atoms with E-state index in [9.17, 15) is 0 Å². The summed E-state index contributed by atoms with van der Waals surface area (Å²) >= 11 is 0. The Bertz CT molecular complexity index is 3820. The second kappa shape index (κ2) is 13.5. The Labute approximate surface area is 383 Å². The molecule has 0 saturated heterocycles. The van der Waals surface area contributed by atoms with E-state index in [-0.39, 0.29) is 13.4 Å². The zero-order valence-electron chi connectivity index (χ0n) is 35.8. The van der Waals surface area contributed by atoms with Crippen LogP contribution in [0.1, 0.15) is 0 Å². The van der Waals surface area contributed by atoms with Crippen molar-refractivity contribution in [1.29, 1.82) is 0 Å². The normalized spacial score (nSPS) is 13.5. The van der Waals surface area contributed by atoms with Gasteiger partial charge in [0.1, 0.15) is 11.5 Å². The van der Waals surface area contributed by atoms with Crippen LogP contribution in [0.15, 0.2) is 224 Å². The number of benzene rings is 10. The molecule has 304 valence electrons. The van der Waals surface area contributed by atoms with Gasteiger partial charge >= 0.3 is 0 Å². The minimum absolute atomic E-state index is 0.0402. The Morgan fingerprint density at radius 1 is 0.318 bits per heavy atom. The van der Waals surface area contributed by atoms with Gasteiger partial charge in [0.25, 0.3) is 13.4 Å². The molecule has 11 aromatic rings. The van der Waals surface area contributed by atoms with Crippen molar-refractivity contribution >= 4 is 102 Å². The van der Waals surface area contributed by atoms with Crippen molar-refractivity contribution in [1.82, 2.24) is 4.57 Å². The topological polar surface area (TPSA) is 20.6 Å². The molecular formula is C60H37B2N3O. The Morgan fingerprint density at radius 3 is 1.59 bits per heavy atom. The summed E-state index contributed by atoms with van der Waals surface area (Å²) in [6.45, 7) is -0.107. The number of nitrogens with zero attached hydrogens (tertiary/aromatic N) is 3. The van der Waals surface area contributed by atoms with Gasteiger partial charge in [-0.3, -0.25) is 0 Å². The molecule has 1 aromatic heterocycles. The van der Waals surface area contributed by atoms with Gasteiger partial charge in [0.05, 0.1) is 5.52 Å². The Kier molecular flexibility index (Phi) is 7.36. The number of aromatic nitrogens is 1. The van der Waals surface area contributed by atoms with E-state index in [0.717, 1.165) is 45.4 Å². The summed E-state index contributed by atoms with van der Waals surface area (Å²) in [6, 6.07) is 82.5. The summed E-state index contributed by atoms with van der Waals surface area (Å²) in [6.07, 6.45) is 0. The Hall–Kier alpha value is -8.47. The van der Waals surface area contributed by atoms with Gasteiger partial charge in [-0.1, -0.05) is 158 Å². The number of hydrogen-bond donors (Lipinski definition) is 0. The van der Waals surface area contributed by atoms with E-state index in [0.29, 0.717) is 0 Å². The van der Waals surface area contributed by atoms with Crippen molar-refractivity contribution in [3.8, 4) is 39.4 Å². The lowest BCUT2D eigenvalue weighted by Crippen LogP contribution is -2.64. The van der Waals surface area contributed by atoms with Crippen LogP contribution in [0, 0.1) is 0 Å². The molecule has 6 heteroatoms.